The number of thioether (sulfide) groups is 1. The number of carbonyl (C=O) groups is 1. The van der Waals surface area contributed by atoms with Crippen LogP contribution in [0.5, 0.6) is 0 Å². The van der Waals surface area contributed by atoms with Crippen molar-refractivity contribution >= 4 is 17.8 Å². The third-order valence-corrected chi connectivity index (χ3v) is 5.50. The topological polar surface area (TPSA) is 59.0 Å². The number of urea groups is 1. The Balaban J connectivity index is 1.36. The van der Waals surface area contributed by atoms with Gasteiger partial charge in [-0.1, -0.05) is 0 Å². The van der Waals surface area contributed by atoms with Crippen LogP contribution < -0.4 is 10.6 Å². The number of fused-ring (bicyclic) bond motifs is 1. The quantitative estimate of drug-likeness (QED) is 0.887. The number of aromatic nitrogens is 2. The first-order valence-corrected chi connectivity index (χ1v) is 8.49. The first-order valence-electron chi connectivity index (χ1n) is 7.44. The van der Waals surface area contributed by atoms with Crippen LogP contribution in [0.2, 0.25) is 0 Å². The second-order valence-electron chi connectivity index (χ2n) is 5.63. The zero-order valence-corrected chi connectivity index (χ0v) is 12.5. The number of nitrogens with zero attached hydrogens (tertiary/aromatic N) is 2. The van der Waals surface area contributed by atoms with Gasteiger partial charge in [0.1, 0.15) is 5.82 Å². The molecule has 1 aromatic heterocycles. The summed E-state index contributed by atoms with van der Waals surface area (Å²) in [5, 5.41) is 6.61. The molecule has 0 bridgehead atoms. The van der Waals surface area contributed by atoms with Gasteiger partial charge in [0.2, 0.25) is 0 Å². The molecule has 3 heterocycles. The van der Waals surface area contributed by atoms with E-state index in [1.165, 1.54) is 24.4 Å². The highest BCUT2D eigenvalue weighted by Crippen LogP contribution is 2.25. The number of hydrogen-bond acceptors (Lipinski definition) is 3. The lowest BCUT2D eigenvalue weighted by Crippen LogP contribution is -2.41. The molecule has 0 aromatic carbocycles. The van der Waals surface area contributed by atoms with E-state index < -0.39 is 0 Å². The zero-order valence-electron chi connectivity index (χ0n) is 11.7. The molecule has 2 N–H and O–H groups in total. The van der Waals surface area contributed by atoms with E-state index >= 15 is 0 Å². The summed E-state index contributed by atoms with van der Waals surface area (Å²) in [6.45, 7) is 2.52. The van der Waals surface area contributed by atoms with Crippen molar-refractivity contribution in [3.05, 3.63) is 18.2 Å². The number of hydrogen-bond donors (Lipinski definition) is 2. The van der Waals surface area contributed by atoms with Crippen LogP contribution in [0.4, 0.5) is 4.79 Å². The molecule has 1 fully saturated rings. The van der Waals surface area contributed by atoms with Gasteiger partial charge in [0.25, 0.3) is 0 Å². The highest BCUT2D eigenvalue weighted by Gasteiger charge is 2.20. The molecule has 0 radical (unpaired) electrons. The van der Waals surface area contributed by atoms with Gasteiger partial charge in [-0.05, 0) is 30.9 Å². The molecule has 0 unspecified atom stereocenters. The van der Waals surface area contributed by atoms with Crippen molar-refractivity contribution in [3.63, 3.8) is 0 Å². The minimum Gasteiger partial charge on any atom is -0.338 e. The number of rotatable bonds is 4. The molecule has 0 spiro atoms. The monoisotopic (exact) mass is 294 g/mol. The summed E-state index contributed by atoms with van der Waals surface area (Å²) in [5.41, 5.74) is 0. The molecule has 2 aliphatic rings. The standard InChI is InChI=1S/C14H22N4OS/c19-14(17-9-12-2-1-7-20-12)16-8-11-3-4-13-15-5-6-18(13)10-11/h5-6,11-12H,1-4,7-10H2,(H2,16,17,19)/t11-,12-/m0/s1. The minimum absolute atomic E-state index is 0.0195. The van der Waals surface area contributed by atoms with Crippen molar-refractivity contribution in [2.75, 3.05) is 18.8 Å². The van der Waals surface area contributed by atoms with Crippen molar-refractivity contribution in [2.24, 2.45) is 5.92 Å². The third-order valence-electron chi connectivity index (χ3n) is 4.10. The van der Waals surface area contributed by atoms with Gasteiger partial charge in [0, 0.05) is 43.7 Å². The van der Waals surface area contributed by atoms with Gasteiger partial charge in [0.05, 0.1) is 0 Å². The fourth-order valence-electron chi connectivity index (χ4n) is 2.92. The van der Waals surface area contributed by atoms with Gasteiger partial charge in [-0.2, -0.15) is 11.8 Å². The molecular weight excluding hydrogens is 272 g/mol. The van der Waals surface area contributed by atoms with Crippen molar-refractivity contribution in [2.45, 2.75) is 37.5 Å². The van der Waals surface area contributed by atoms with E-state index in [0.717, 1.165) is 32.5 Å². The maximum Gasteiger partial charge on any atom is 0.314 e. The summed E-state index contributed by atoms with van der Waals surface area (Å²) < 4.78 is 2.20. The summed E-state index contributed by atoms with van der Waals surface area (Å²) in [6.07, 6.45) is 8.52. The number of amides is 2. The van der Waals surface area contributed by atoms with Gasteiger partial charge in [-0.25, -0.2) is 9.78 Å². The Morgan fingerprint density at radius 2 is 2.30 bits per heavy atom. The minimum atomic E-state index is -0.0195. The van der Waals surface area contributed by atoms with E-state index in [1.807, 2.05) is 24.2 Å². The lowest BCUT2D eigenvalue weighted by molar-refractivity contribution is 0.236. The fraction of sp³-hybridized carbons (Fsp3) is 0.714. The summed E-state index contributed by atoms with van der Waals surface area (Å²) in [6, 6.07) is -0.0195. The first-order chi connectivity index (χ1) is 9.81. The molecule has 20 heavy (non-hydrogen) atoms. The summed E-state index contributed by atoms with van der Waals surface area (Å²) in [7, 11) is 0. The maximum atomic E-state index is 11.8. The zero-order chi connectivity index (χ0) is 13.8. The van der Waals surface area contributed by atoms with Crippen LogP contribution in [0.1, 0.15) is 25.1 Å². The Kier molecular flexibility index (Phi) is 4.50. The lowest BCUT2D eigenvalue weighted by Gasteiger charge is -2.24. The first kappa shape index (κ1) is 13.8. The number of carbonyl (C=O) groups excluding carboxylic acids is 1. The van der Waals surface area contributed by atoms with Crippen LogP contribution in [-0.4, -0.2) is 39.7 Å². The molecule has 6 heteroatoms. The predicted molar refractivity (Wildman–Crippen MR) is 80.9 cm³/mol. The molecule has 2 amide bonds. The van der Waals surface area contributed by atoms with E-state index in [0.29, 0.717) is 11.2 Å². The van der Waals surface area contributed by atoms with Crippen LogP contribution >= 0.6 is 11.8 Å². The van der Waals surface area contributed by atoms with Gasteiger partial charge < -0.3 is 15.2 Å². The normalized spacial score (nSPS) is 25.2. The average Bonchev–Trinajstić information content (AvgIpc) is 3.13. The molecule has 0 aliphatic carbocycles. The molecule has 1 saturated heterocycles. The van der Waals surface area contributed by atoms with E-state index in [-0.39, 0.29) is 6.03 Å². The number of nitrogens with one attached hydrogen (secondary N) is 2. The number of aryl methyl sites for hydroxylation is 1. The summed E-state index contributed by atoms with van der Waals surface area (Å²) in [5.74, 6) is 2.93. The van der Waals surface area contributed by atoms with Crippen LogP contribution in [0.25, 0.3) is 0 Å². The maximum absolute atomic E-state index is 11.8. The Bertz CT molecular complexity index is 456. The molecule has 2 atom stereocenters. The van der Waals surface area contributed by atoms with Gasteiger partial charge in [0.15, 0.2) is 0 Å². The second kappa shape index (κ2) is 6.52. The second-order valence-corrected chi connectivity index (χ2v) is 7.03. The number of imidazole rings is 1. The Labute approximate surface area is 123 Å². The van der Waals surface area contributed by atoms with Crippen molar-refractivity contribution in [1.29, 1.82) is 0 Å². The van der Waals surface area contributed by atoms with Crippen LogP contribution in [0, 0.1) is 5.92 Å². The molecule has 2 aliphatic heterocycles. The van der Waals surface area contributed by atoms with E-state index in [2.05, 4.69) is 20.2 Å². The Hall–Kier alpha value is -1.17. The van der Waals surface area contributed by atoms with Crippen LogP contribution in [0.15, 0.2) is 12.4 Å². The average molecular weight is 294 g/mol. The van der Waals surface area contributed by atoms with Crippen molar-refractivity contribution in [3.8, 4) is 0 Å². The van der Waals surface area contributed by atoms with Crippen LogP contribution in [0.3, 0.4) is 0 Å². The van der Waals surface area contributed by atoms with Crippen molar-refractivity contribution < 1.29 is 4.79 Å². The van der Waals surface area contributed by atoms with E-state index in [1.54, 1.807) is 0 Å². The highest BCUT2D eigenvalue weighted by atomic mass is 32.2. The largest absolute Gasteiger partial charge is 0.338 e. The lowest BCUT2D eigenvalue weighted by atomic mass is 9.99. The highest BCUT2D eigenvalue weighted by molar-refractivity contribution is 8.00. The van der Waals surface area contributed by atoms with Gasteiger partial charge in [-0.3, -0.25) is 0 Å². The smallest absolute Gasteiger partial charge is 0.314 e. The SMILES string of the molecule is O=C(NC[C@@H]1CCc2nccn2C1)NC[C@@H]1CCCS1. The summed E-state index contributed by atoms with van der Waals surface area (Å²) in [4.78, 5) is 16.1. The van der Waals surface area contributed by atoms with Crippen LogP contribution in [-0.2, 0) is 13.0 Å². The Morgan fingerprint density at radius 1 is 1.40 bits per heavy atom. The fourth-order valence-corrected chi connectivity index (χ4v) is 4.12. The van der Waals surface area contributed by atoms with E-state index in [4.69, 9.17) is 0 Å². The molecule has 5 nitrogen and oxygen atoms in total. The Morgan fingerprint density at radius 3 is 3.15 bits per heavy atom. The van der Waals surface area contributed by atoms with E-state index in [9.17, 15) is 4.79 Å². The molecule has 1 aromatic rings. The molecular formula is C14H22N4OS. The van der Waals surface area contributed by atoms with Gasteiger partial charge in [-0.15, -0.1) is 0 Å². The third kappa shape index (κ3) is 3.48. The van der Waals surface area contributed by atoms with Gasteiger partial charge >= 0.3 is 6.03 Å². The molecule has 110 valence electrons. The molecule has 3 rings (SSSR count). The predicted octanol–water partition coefficient (Wildman–Crippen LogP) is 1.64. The summed E-state index contributed by atoms with van der Waals surface area (Å²) >= 11 is 1.97. The van der Waals surface area contributed by atoms with Crippen molar-refractivity contribution in [1.82, 2.24) is 20.2 Å². The molecule has 0 saturated carbocycles.